The Balaban J connectivity index is 1.52. The molecule has 1 aliphatic carbocycles. The van der Waals surface area contributed by atoms with E-state index in [0.717, 1.165) is 43.8 Å². The summed E-state index contributed by atoms with van der Waals surface area (Å²) in [6, 6.07) is 0.733. The van der Waals surface area contributed by atoms with Gasteiger partial charge in [0.1, 0.15) is 6.26 Å². The standard InChI is InChI=1S/C12H20N4O/c13-7-11-9-17-12(14-11)16-5-3-15(4-6-16)8-10-1-2-10/h9-10H,1-8,13H2. The minimum Gasteiger partial charge on any atom is -0.432 e. The van der Waals surface area contributed by atoms with Crippen molar-refractivity contribution in [2.24, 2.45) is 11.7 Å². The molecule has 1 aromatic rings. The lowest BCUT2D eigenvalue weighted by Gasteiger charge is -2.33. The molecule has 0 aromatic carbocycles. The molecular formula is C12H20N4O. The molecule has 0 amide bonds. The maximum absolute atomic E-state index is 5.53. The molecule has 0 atom stereocenters. The first-order valence-corrected chi connectivity index (χ1v) is 6.47. The smallest absolute Gasteiger partial charge is 0.297 e. The number of nitrogens with two attached hydrogens (primary N) is 1. The normalized spacial score (nSPS) is 22.1. The molecule has 3 rings (SSSR count). The van der Waals surface area contributed by atoms with E-state index in [9.17, 15) is 0 Å². The summed E-state index contributed by atoms with van der Waals surface area (Å²) in [6.07, 6.45) is 4.52. The van der Waals surface area contributed by atoms with E-state index in [-0.39, 0.29) is 0 Å². The summed E-state index contributed by atoms with van der Waals surface area (Å²) in [5.74, 6) is 0.979. The molecule has 5 nitrogen and oxygen atoms in total. The molecule has 0 spiro atoms. The zero-order chi connectivity index (χ0) is 11.7. The van der Waals surface area contributed by atoms with Crippen LogP contribution in [0.1, 0.15) is 18.5 Å². The summed E-state index contributed by atoms with van der Waals surface area (Å²) in [4.78, 5) is 9.13. The molecule has 1 saturated heterocycles. The van der Waals surface area contributed by atoms with Crippen LogP contribution in [0.4, 0.5) is 6.01 Å². The monoisotopic (exact) mass is 236 g/mol. The quantitative estimate of drug-likeness (QED) is 0.832. The van der Waals surface area contributed by atoms with Crippen LogP contribution < -0.4 is 10.6 Å². The summed E-state index contributed by atoms with van der Waals surface area (Å²) >= 11 is 0. The zero-order valence-corrected chi connectivity index (χ0v) is 10.1. The molecule has 1 saturated carbocycles. The Morgan fingerprint density at radius 1 is 1.29 bits per heavy atom. The number of anilines is 1. The third-order valence-corrected chi connectivity index (χ3v) is 3.60. The van der Waals surface area contributed by atoms with Crippen molar-refractivity contribution in [3.05, 3.63) is 12.0 Å². The van der Waals surface area contributed by atoms with Crippen molar-refractivity contribution in [2.45, 2.75) is 19.4 Å². The molecule has 2 heterocycles. The fourth-order valence-electron chi connectivity index (χ4n) is 2.32. The minimum atomic E-state index is 0.450. The molecule has 1 aliphatic heterocycles. The minimum absolute atomic E-state index is 0.450. The second-order valence-electron chi connectivity index (χ2n) is 5.06. The molecule has 17 heavy (non-hydrogen) atoms. The van der Waals surface area contributed by atoms with E-state index in [0.29, 0.717) is 6.54 Å². The maximum atomic E-state index is 5.53. The van der Waals surface area contributed by atoms with Gasteiger partial charge in [-0.25, -0.2) is 0 Å². The highest BCUT2D eigenvalue weighted by Crippen LogP contribution is 2.30. The number of oxazole rings is 1. The average Bonchev–Trinajstić information content (AvgIpc) is 3.05. The number of rotatable bonds is 4. The van der Waals surface area contributed by atoms with Crippen LogP contribution in [0, 0.1) is 5.92 Å². The van der Waals surface area contributed by atoms with Gasteiger partial charge in [-0.05, 0) is 18.8 Å². The first-order chi connectivity index (χ1) is 8.35. The van der Waals surface area contributed by atoms with Gasteiger partial charge in [-0.3, -0.25) is 4.90 Å². The average molecular weight is 236 g/mol. The molecule has 0 radical (unpaired) electrons. The van der Waals surface area contributed by atoms with Gasteiger partial charge in [-0.15, -0.1) is 0 Å². The van der Waals surface area contributed by atoms with Crippen LogP contribution in [-0.2, 0) is 6.54 Å². The molecule has 1 aromatic heterocycles. The summed E-state index contributed by atoms with van der Waals surface area (Å²) in [6.45, 7) is 6.00. The van der Waals surface area contributed by atoms with Crippen molar-refractivity contribution in [3.8, 4) is 0 Å². The fraction of sp³-hybridized carbons (Fsp3) is 0.750. The first kappa shape index (κ1) is 11.0. The number of piperazine rings is 1. The van der Waals surface area contributed by atoms with Crippen LogP contribution in [0.25, 0.3) is 0 Å². The molecule has 5 heteroatoms. The van der Waals surface area contributed by atoms with Gasteiger partial charge in [0.25, 0.3) is 6.01 Å². The van der Waals surface area contributed by atoms with Gasteiger partial charge in [-0.2, -0.15) is 4.98 Å². The van der Waals surface area contributed by atoms with E-state index in [1.54, 1.807) is 6.26 Å². The number of hydrogen-bond donors (Lipinski definition) is 1. The highest BCUT2D eigenvalue weighted by atomic mass is 16.4. The number of nitrogens with zero attached hydrogens (tertiary/aromatic N) is 3. The predicted octanol–water partition coefficient (Wildman–Crippen LogP) is 0.665. The molecule has 94 valence electrons. The van der Waals surface area contributed by atoms with E-state index >= 15 is 0 Å². The second kappa shape index (κ2) is 4.66. The van der Waals surface area contributed by atoms with Gasteiger partial charge < -0.3 is 15.1 Å². The van der Waals surface area contributed by atoms with Crippen LogP contribution in [0.2, 0.25) is 0 Å². The van der Waals surface area contributed by atoms with Crippen molar-refractivity contribution >= 4 is 6.01 Å². The van der Waals surface area contributed by atoms with Gasteiger partial charge >= 0.3 is 0 Å². The Morgan fingerprint density at radius 3 is 2.65 bits per heavy atom. The van der Waals surface area contributed by atoms with E-state index in [1.165, 1.54) is 19.4 Å². The zero-order valence-electron chi connectivity index (χ0n) is 10.1. The number of hydrogen-bond acceptors (Lipinski definition) is 5. The Hall–Kier alpha value is -1.07. The van der Waals surface area contributed by atoms with Crippen LogP contribution in [-0.4, -0.2) is 42.6 Å². The SMILES string of the molecule is NCc1coc(N2CCN(CC3CC3)CC2)n1. The lowest BCUT2D eigenvalue weighted by atomic mass is 10.3. The fourth-order valence-corrected chi connectivity index (χ4v) is 2.32. The van der Waals surface area contributed by atoms with Gasteiger partial charge in [-0.1, -0.05) is 0 Å². The highest BCUT2D eigenvalue weighted by molar-refractivity contribution is 5.27. The van der Waals surface area contributed by atoms with Crippen molar-refractivity contribution in [3.63, 3.8) is 0 Å². The Labute approximate surface area is 102 Å². The first-order valence-electron chi connectivity index (χ1n) is 6.47. The second-order valence-corrected chi connectivity index (χ2v) is 5.06. The Bertz CT molecular complexity index is 366. The highest BCUT2D eigenvalue weighted by Gasteiger charge is 2.27. The lowest BCUT2D eigenvalue weighted by Crippen LogP contribution is -2.47. The van der Waals surface area contributed by atoms with Crippen LogP contribution in [0.3, 0.4) is 0 Å². The van der Waals surface area contributed by atoms with Gasteiger partial charge in [0.2, 0.25) is 0 Å². The van der Waals surface area contributed by atoms with Gasteiger partial charge in [0.15, 0.2) is 0 Å². The lowest BCUT2D eigenvalue weighted by molar-refractivity contribution is 0.243. The molecule has 2 aliphatic rings. The third-order valence-electron chi connectivity index (χ3n) is 3.60. The third kappa shape index (κ3) is 2.61. The van der Waals surface area contributed by atoms with Crippen molar-refractivity contribution in [1.82, 2.24) is 9.88 Å². The van der Waals surface area contributed by atoms with Gasteiger partial charge in [0, 0.05) is 39.3 Å². The van der Waals surface area contributed by atoms with E-state index in [4.69, 9.17) is 10.2 Å². The van der Waals surface area contributed by atoms with Gasteiger partial charge in [0.05, 0.1) is 5.69 Å². The molecule has 2 fully saturated rings. The molecule has 0 bridgehead atoms. The van der Waals surface area contributed by atoms with Crippen molar-refractivity contribution in [2.75, 3.05) is 37.6 Å². The summed E-state index contributed by atoms with van der Waals surface area (Å²) < 4.78 is 5.44. The summed E-state index contributed by atoms with van der Waals surface area (Å²) in [5.41, 5.74) is 6.36. The van der Waals surface area contributed by atoms with Crippen LogP contribution in [0.15, 0.2) is 10.7 Å². The Kier molecular flexibility index (Phi) is 3.03. The van der Waals surface area contributed by atoms with E-state index in [2.05, 4.69) is 14.8 Å². The van der Waals surface area contributed by atoms with Crippen LogP contribution >= 0.6 is 0 Å². The maximum Gasteiger partial charge on any atom is 0.297 e. The van der Waals surface area contributed by atoms with Crippen molar-refractivity contribution < 1.29 is 4.42 Å². The summed E-state index contributed by atoms with van der Waals surface area (Å²) in [7, 11) is 0. The van der Waals surface area contributed by atoms with E-state index < -0.39 is 0 Å². The largest absolute Gasteiger partial charge is 0.432 e. The number of aromatic nitrogens is 1. The summed E-state index contributed by atoms with van der Waals surface area (Å²) in [5, 5.41) is 0. The Morgan fingerprint density at radius 2 is 2.06 bits per heavy atom. The van der Waals surface area contributed by atoms with Crippen LogP contribution in [0.5, 0.6) is 0 Å². The molecular weight excluding hydrogens is 216 g/mol. The topological polar surface area (TPSA) is 58.5 Å². The molecule has 2 N–H and O–H groups in total. The molecule has 0 unspecified atom stereocenters. The van der Waals surface area contributed by atoms with E-state index in [1.807, 2.05) is 0 Å². The predicted molar refractivity (Wildman–Crippen MR) is 65.8 cm³/mol. The van der Waals surface area contributed by atoms with Crippen molar-refractivity contribution in [1.29, 1.82) is 0 Å².